The summed E-state index contributed by atoms with van der Waals surface area (Å²) in [6.07, 6.45) is -1.17. The Morgan fingerprint density at radius 1 is 1.15 bits per heavy atom. The quantitative estimate of drug-likeness (QED) is 0.543. The van der Waals surface area contributed by atoms with Crippen molar-refractivity contribution in [3.8, 4) is 5.75 Å². The van der Waals surface area contributed by atoms with Crippen molar-refractivity contribution in [1.82, 2.24) is 5.32 Å². The molecule has 0 aliphatic rings. The molecule has 0 aromatic heterocycles. The first-order chi connectivity index (χ1) is 12.1. The Kier molecular flexibility index (Phi) is 6.70. The molecule has 0 saturated heterocycles. The molecule has 0 bridgehead atoms. The number of halogens is 3. The minimum Gasteiger partial charge on any atom is -0.480 e. The predicted molar refractivity (Wildman–Crippen MR) is 86.5 cm³/mol. The molecule has 152 valence electrons. The number of hydrogen-bond acceptors (Lipinski definition) is 6. The number of carbonyl (C=O) groups is 2. The van der Waals surface area contributed by atoms with Crippen LogP contribution in [0.4, 0.5) is 18.0 Å². The fourth-order valence-corrected chi connectivity index (χ4v) is 2.20. The van der Waals surface area contributed by atoms with Crippen molar-refractivity contribution in [3.63, 3.8) is 0 Å². The Morgan fingerprint density at radius 2 is 1.67 bits per heavy atom. The normalized spacial score (nSPS) is 13.6. The first kappa shape index (κ1) is 22.5. The van der Waals surface area contributed by atoms with Gasteiger partial charge in [-0.15, -0.1) is 0 Å². The minimum absolute atomic E-state index is 0.221. The number of alkyl carbamates (subject to hydrolysis) is 1. The third-order valence-electron chi connectivity index (χ3n) is 2.84. The van der Waals surface area contributed by atoms with Crippen LogP contribution in [0.25, 0.3) is 0 Å². The Hall–Kier alpha value is -2.50. The third-order valence-corrected chi connectivity index (χ3v) is 3.82. The Balaban J connectivity index is 2.82. The van der Waals surface area contributed by atoms with Gasteiger partial charge in [0, 0.05) is 6.42 Å². The van der Waals surface area contributed by atoms with Crippen molar-refractivity contribution in [2.75, 3.05) is 0 Å². The molecule has 1 aromatic rings. The molecule has 1 rings (SSSR count). The lowest BCUT2D eigenvalue weighted by Crippen LogP contribution is -2.44. The van der Waals surface area contributed by atoms with E-state index in [1.54, 1.807) is 20.8 Å². The number of ether oxygens (including phenoxy) is 1. The molecule has 1 atom stereocenters. The molecule has 8 nitrogen and oxygen atoms in total. The molecule has 0 radical (unpaired) electrons. The Morgan fingerprint density at radius 3 is 2.07 bits per heavy atom. The van der Waals surface area contributed by atoms with Gasteiger partial charge in [0.05, 0.1) is 0 Å². The Labute approximate surface area is 153 Å². The van der Waals surface area contributed by atoms with Gasteiger partial charge in [-0.25, -0.2) is 9.59 Å². The highest BCUT2D eigenvalue weighted by Gasteiger charge is 2.48. The third kappa shape index (κ3) is 7.33. The first-order valence-corrected chi connectivity index (χ1v) is 8.83. The molecule has 1 amide bonds. The van der Waals surface area contributed by atoms with Crippen LogP contribution >= 0.6 is 0 Å². The molecule has 0 spiro atoms. The minimum atomic E-state index is -5.80. The second kappa shape index (κ2) is 8.03. The van der Waals surface area contributed by atoms with Crippen molar-refractivity contribution < 1.29 is 45.2 Å². The lowest BCUT2D eigenvalue weighted by Gasteiger charge is -2.22. The molecule has 0 fully saturated rings. The molecule has 0 heterocycles. The fourth-order valence-electron chi connectivity index (χ4n) is 1.74. The summed E-state index contributed by atoms with van der Waals surface area (Å²) < 4.78 is 67.5. The van der Waals surface area contributed by atoms with E-state index in [-0.39, 0.29) is 6.42 Å². The molecule has 0 aliphatic carbocycles. The van der Waals surface area contributed by atoms with Gasteiger partial charge in [0.15, 0.2) is 0 Å². The van der Waals surface area contributed by atoms with E-state index in [2.05, 4.69) is 9.50 Å². The smallest absolute Gasteiger partial charge is 0.480 e. The van der Waals surface area contributed by atoms with Crippen LogP contribution < -0.4 is 9.50 Å². The number of nitrogens with one attached hydrogen (secondary N) is 1. The second-order valence-electron chi connectivity index (χ2n) is 6.37. The summed E-state index contributed by atoms with van der Waals surface area (Å²) in [5, 5.41) is 11.3. The van der Waals surface area contributed by atoms with Crippen LogP contribution in [-0.2, 0) is 26.1 Å². The van der Waals surface area contributed by atoms with Gasteiger partial charge in [-0.3, -0.25) is 0 Å². The van der Waals surface area contributed by atoms with Gasteiger partial charge in [-0.2, -0.15) is 21.6 Å². The van der Waals surface area contributed by atoms with Crippen molar-refractivity contribution in [3.05, 3.63) is 29.8 Å². The highest BCUT2D eigenvalue weighted by Crippen LogP contribution is 2.27. The van der Waals surface area contributed by atoms with Gasteiger partial charge in [-0.05, 0) is 38.5 Å². The van der Waals surface area contributed by atoms with Crippen LogP contribution in [0.5, 0.6) is 5.75 Å². The standard InChI is InChI=1S/C15H18F3NO7S/c1-14(2,3)25-13(22)19-11(12(20)21)8-9-4-6-10(7-5-9)26-27(23,24)15(16,17)18/h4-7,11H,8H2,1-3H3,(H,19,22)(H,20,21)/t11-/m0/s1. The highest BCUT2D eigenvalue weighted by atomic mass is 32.2. The number of carboxylic acid groups (broad SMARTS) is 1. The zero-order valence-electron chi connectivity index (χ0n) is 14.5. The molecular formula is C15H18F3NO7S. The predicted octanol–water partition coefficient (Wildman–Crippen LogP) is 2.44. The van der Waals surface area contributed by atoms with Crippen LogP contribution in [0.2, 0.25) is 0 Å². The number of carbonyl (C=O) groups excluding carboxylic acids is 1. The summed E-state index contributed by atoms with van der Waals surface area (Å²) in [6, 6.07) is 2.85. The number of rotatable bonds is 6. The Bertz CT molecular complexity index is 783. The van der Waals surface area contributed by atoms with Crippen LogP contribution in [0, 0.1) is 0 Å². The van der Waals surface area contributed by atoms with Crippen LogP contribution in [0.3, 0.4) is 0 Å². The van der Waals surface area contributed by atoms with E-state index < -0.39 is 45.1 Å². The van der Waals surface area contributed by atoms with Crippen molar-refractivity contribution in [2.24, 2.45) is 0 Å². The summed E-state index contributed by atoms with van der Waals surface area (Å²) in [5.74, 6) is -1.95. The fraction of sp³-hybridized carbons (Fsp3) is 0.467. The molecule has 0 aliphatic heterocycles. The summed E-state index contributed by atoms with van der Waals surface area (Å²) in [6.45, 7) is 4.78. The summed E-state index contributed by atoms with van der Waals surface area (Å²) in [7, 11) is -5.80. The van der Waals surface area contributed by atoms with Gasteiger partial charge in [-0.1, -0.05) is 12.1 Å². The van der Waals surface area contributed by atoms with E-state index in [9.17, 15) is 36.3 Å². The van der Waals surface area contributed by atoms with Gasteiger partial charge in [0.1, 0.15) is 17.4 Å². The molecule has 2 N–H and O–H groups in total. The summed E-state index contributed by atoms with van der Waals surface area (Å²) >= 11 is 0. The lowest BCUT2D eigenvalue weighted by molar-refractivity contribution is -0.139. The topological polar surface area (TPSA) is 119 Å². The van der Waals surface area contributed by atoms with Crippen molar-refractivity contribution in [1.29, 1.82) is 0 Å². The van der Waals surface area contributed by atoms with E-state index in [1.807, 2.05) is 0 Å². The van der Waals surface area contributed by atoms with Crippen molar-refractivity contribution >= 4 is 22.2 Å². The van der Waals surface area contributed by atoms with Crippen LogP contribution in [0.1, 0.15) is 26.3 Å². The highest BCUT2D eigenvalue weighted by molar-refractivity contribution is 7.88. The zero-order valence-corrected chi connectivity index (χ0v) is 15.3. The lowest BCUT2D eigenvalue weighted by atomic mass is 10.1. The maximum atomic E-state index is 12.3. The van der Waals surface area contributed by atoms with Crippen LogP contribution in [-0.4, -0.2) is 42.7 Å². The molecule has 27 heavy (non-hydrogen) atoms. The number of aliphatic carboxylic acids is 1. The molecule has 0 saturated carbocycles. The number of carboxylic acids is 1. The van der Waals surface area contributed by atoms with Crippen LogP contribution in [0.15, 0.2) is 24.3 Å². The number of benzene rings is 1. The van der Waals surface area contributed by atoms with Crippen molar-refractivity contribution in [2.45, 2.75) is 44.3 Å². The molecular weight excluding hydrogens is 395 g/mol. The molecule has 1 aromatic carbocycles. The summed E-state index contributed by atoms with van der Waals surface area (Å²) in [4.78, 5) is 22.9. The van der Waals surface area contributed by atoms with Gasteiger partial charge < -0.3 is 19.3 Å². The monoisotopic (exact) mass is 413 g/mol. The molecule has 12 heteroatoms. The average molecular weight is 413 g/mol. The number of alkyl halides is 3. The van der Waals surface area contributed by atoms with Gasteiger partial charge in [0.2, 0.25) is 0 Å². The van der Waals surface area contributed by atoms with E-state index in [0.717, 1.165) is 12.1 Å². The number of amides is 1. The largest absolute Gasteiger partial charge is 0.534 e. The van der Waals surface area contributed by atoms with Gasteiger partial charge in [0.25, 0.3) is 0 Å². The number of hydrogen-bond donors (Lipinski definition) is 2. The van der Waals surface area contributed by atoms with E-state index in [4.69, 9.17) is 4.74 Å². The maximum absolute atomic E-state index is 12.3. The molecule has 0 unspecified atom stereocenters. The maximum Gasteiger partial charge on any atom is 0.534 e. The van der Waals surface area contributed by atoms with E-state index in [0.29, 0.717) is 5.56 Å². The zero-order chi connectivity index (χ0) is 21.0. The van der Waals surface area contributed by atoms with E-state index >= 15 is 0 Å². The van der Waals surface area contributed by atoms with E-state index in [1.165, 1.54) is 12.1 Å². The van der Waals surface area contributed by atoms with Gasteiger partial charge >= 0.3 is 27.7 Å². The SMILES string of the molecule is CC(C)(C)OC(=O)N[C@@H](Cc1ccc(OS(=O)(=O)C(F)(F)F)cc1)C(=O)O. The summed E-state index contributed by atoms with van der Waals surface area (Å²) in [5.41, 5.74) is -6.11. The second-order valence-corrected chi connectivity index (χ2v) is 7.91. The average Bonchev–Trinajstić information content (AvgIpc) is 2.45. The first-order valence-electron chi connectivity index (χ1n) is 7.43.